The number of aryl methyl sites for hydroxylation is 1. The fourth-order valence-corrected chi connectivity index (χ4v) is 6.26. The van der Waals surface area contributed by atoms with Crippen LogP contribution in [-0.4, -0.2) is 51.9 Å². The van der Waals surface area contributed by atoms with E-state index in [1.165, 1.54) is 0 Å². The SMILES string of the molecule is Cc1ncsc1-c1ccc([C@H](C)NCC(=O)[C@@H]2C[C@@H](O)CN2C(=O)C(c2cc[n+](CC(C)(C)C(C)C)o2)C(C)C)cc1. The van der Waals surface area contributed by atoms with Crippen molar-refractivity contribution >= 4 is 23.0 Å². The van der Waals surface area contributed by atoms with Gasteiger partial charge < -0.3 is 15.3 Å². The Kier molecular flexibility index (Phi) is 10.1. The number of carbonyl (C=O) groups excluding carboxylic acids is 2. The molecule has 1 saturated heterocycles. The van der Waals surface area contributed by atoms with Gasteiger partial charge in [0.05, 0.1) is 40.8 Å². The maximum Gasteiger partial charge on any atom is 0.234 e. The van der Waals surface area contributed by atoms with Gasteiger partial charge in [-0.3, -0.25) is 9.59 Å². The van der Waals surface area contributed by atoms with E-state index in [4.69, 9.17) is 4.52 Å². The van der Waals surface area contributed by atoms with Crippen LogP contribution in [0.2, 0.25) is 0 Å². The van der Waals surface area contributed by atoms with E-state index in [2.05, 4.69) is 62.3 Å². The van der Waals surface area contributed by atoms with Crippen LogP contribution in [0.15, 0.2) is 46.6 Å². The number of aromatic nitrogens is 2. The fourth-order valence-electron chi connectivity index (χ4n) is 5.45. The van der Waals surface area contributed by atoms with Crippen molar-refractivity contribution < 1.29 is 24.0 Å². The van der Waals surface area contributed by atoms with Gasteiger partial charge in [0.2, 0.25) is 12.1 Å². The number of ketones is 1. The number of rotatable bonds is 12. The van der Waals surface area contributed by atoms with Crippen LogP contribution in [-0.2, 0) is 16.1 Å². The minimum Gasteiger partial charge on any atom is -0.391 e. The molecule has 4 rings (SSSR count). The number of hydrogen-bond acceptors (Lipinski definition) is 7. The highest BCUT2D eigenvalue weighted by molar-refractivity contribution is 7.13. The van der Waals surface area contributed by atoms with Crippen LogP contribution in [0.1, 0.15) is 83.9 Å². The van der Waals surface area contributed by atoms with Crippen molar-refractivity contribution in [3.05, 3.63) is 59.1 Å². The molecular weight excluding hydrogens is 548 g/mol. The highest BCUT2D eigenvalue weighted by atomic mass is 32.1. The molecule has 0 radical (unpaired) electrons. The molecule has 1 amide bonds. The Balaban J connectivity index is 1.42. The summed E-state index contributed by atoms with van der Waals surface area (Å²) in [7, 11) is 0. The number of hydrogen-bond donors (Lipinski definition) is 2. The van der Waals surface area contributed by atoms with Crippen molar-refractivity contribution in [2.45, 2.75) is 92.5 Å². The minimum atomic E-state index is -0.732. The molecule has 1 fully saturated rings. The lowest BCUT2D eigenvalue weighted by Gasteiger charge is -2.28. The molecule has 8 nitrogen and oxygen atoms in total. The fraction of sp³-hybridized carbons (Fsp3) is 0.576. The summed E-state index contributed by atoms with van der Waals surface area (Å²) >= 11 is 1.62. The predicted molar refractivity (Wildman–Crippen MR) is 165 cm³/mol. The summed E-state index contributed by atoms with van der Waals surface area (Å²) in [4.78, 5) is 34.4. The lowest BCUT2D eigenvalue weighted by molar-refractivity contribution is -0.873. The van der Waals surface area contributed by atoms with Gasteiger partial charge in [-0.05, 0) is 41.5 Å². The molecule has 3 aromatic rings. The zero-order valence-electron chi connectivity index (χ0n) is 26.3. The number of aliphatic hydroxyl groups is 1. The number of carbonyl (C=O) groups is 2. The molecule has 1 unspecified atom stereocenters. The largest absolute Gasteiger partial charge is 0.391 e. The Morgan fingerprint density at radius 3 is 2.45 bits per heavy atom. The van der Waals surface area contributed by atoms with E-state index in [1.807, 2.05) is 45.5 Å². The number of thiazole rings is 1. The van der Waals surface area contributed by atoms with Crippen LogP contribution in [0.3, 0.4) is 0 Å². The van der Waals surface area contributed by atoms with Gasteiger partial charge >= 0.3 is 0 Å². The molecule has 0 aliphatic carbocycles. The summed E-state index contributed by atoms with van der Waals surface area (Å²) in [6.45, 7) is 17.7. The molecule has 1 aliphatic rings. The Bertz CT molecular complexity index is 1360. The van der Waals surface area contributed by atoms with E-state index >= 15 is 0 Å². The summed E-state index contributed by atoms with van der Waals surface area (Å²) < 4.78 is 7.97. The summed E-state index contributed by atoms with van der Waals surface area (Å²) in [6, 6.07) is 9.43. The molecule has 0 bridgehead atoms. The number of aliphatic hydroxyl groups excluding tert-OH is 1. The monoisotopic (exact) mass is 595 g/mol. The zero-order chi connectivity index (χ0) is 30.8. The van der Waals surface area contributed by atoms with E-state index in [0.29, 0.717) is 18.2 Å². The number of nitrogens with zero attached hydrogens (tertiary/aromatic N) is 3. The maximum absolute atomic E-state index is 13.9. The smallest absolute Gasteiger partial charge is 0.234 e. The van der Waals surface area contributed by atoms with E-state index in [9.17, 15) is 14.7 Å². The van der Waals surface area contributed by atoms with E-state index in [-0.39, 0.29) is 48.6 Å². The second-order valence-corrected chi connectivity index (χ2v) is 14.0. The lowest BCUT2D eigenvalue weighted by Crippen LogP contribution is -2.46. The van der Waals surface area contributed by atoms with Gasteiger partial charge in [-0.25, -0.2) is 9.51 Å². The van der Waals surface area contributed by atoms with Gasteiger partial charge in [0.1, 0.15) is 5.92 Å². The standard InChI is InChI=1S/C33H47N4O4S/c1-20(2)30(29-13-14-36(41-29)18-33(7,8)21(3)4)32(40)37-17-26(38)15-27(37)28(39)16-34-22(5)24-9-11-25(12-10-24)31-23(6)35-19-42-31/h9-14,19-22,26-27,30,34,38H,15-18H2,1-8H3/q+1/t22-,26+,27-,30?/m0/s1. The van der Waals surface area contributed by atoms with E-state index in [1.54, 1.807) is 21.0 Å². The molecule has 2 aromatic heterocycles. The Hall–Kier alpha value is -2.88. The van der Waals surface area contributed by atoms with Gasteiger partial charge in [-0.1, -0.05) is 65.8 Å². The van der Waals surface area contributed by atoms with Crippen LogP contribution in [0.5, 0.6) is 0 Å². The van der Waals surface area contributed by atoms with Crippen LogP contribution in [0, 0.1) is 24.2 Å². The average Bonchev–Trinajstić information content (AvgIpc) is 3.67. The van der Waals surface area contributed by atoms with Crippen LogP contribution < -0.4 is 10.1 Å². The molecule has 2 N–H and O–H groups in total. The first-order valence-corrected chi connectivity index (χ1v) is 15.9. The minimum absolute atomic E-state index is 0.0282. The third-order valence-corrected chi connectivity index (χ3v) is 9.91. The summed E-state index contributed by atoms with van der Waals surface area (Å²) in [5.41, 5.74) is 5.09. The molecule has 42 heavy (non-hydrogen) atoms. The number of β-amino-alcohol motifs (C(OH)–C–C–N with tert-alkyl or cyclic N) is 1. The summed E-state index contributed by atoms with van der Waals surface area (Å²) in [5, 5.41) is 13.9. The van der Waals surface area contributed by atoms with E-state index < -0.39 is 18.1 Å². The molecule has 0 spiro atoms. The summed E-state index contributed by atoms with van der Waals surface area (Å²) in [6.07, 6.45) is 1.40. The van der Waals surface area contributed by atoms with Gasteiger partial charge in [-0.2, -0.15) is 0 Å². The van der Waals surface area contributed by atoms with Crippen molar-refractivity contribution in [1.29, 1.82) is 0 Å². The van der Waals surface area contributed by atoms with Crippen molar-refractivity contribution in [2.75, 3.05) is 13.1 Å². The molecule has 0 saturated carbocycles. The van der Waals surface area contributed by atoms with Gasteiger partial charge in [0, 0.05) is 24.4 Å². The average molecular weight is 596 g/mol. The second-order valence-electron chi connectivity index (χ2n) is 13.1. The first kappa shape index (κ1) is 32.0. The third-order valence-electron chi connectivity index (χ3n) is 8.93. The highest BCUT2D eigenvalue weighted by Crippen LogP contribution is 2.32. The van der Waals surface area contributed by atoms with Gasteiger partial charge in [-0.15, -0.1) is 11.3 Å². The number of Topliss-reactive ketones (excluding diaryl/α,β-unsaturated/α-hetero) is 1. The normalized spacial score (nSPS) is 19.1. The van der Waals surface area contributed by atoms with Crippen molar-refractivity contribution in [2.24, 2.45) is 17.3 Å². The molecule has 3 heterocycles. The lowest BCUT2D eigenvalue weighted by atomic mass is 9.81. The molecule has 228 valence electrons. The maximum atomic E-state index is 13.9. The summed E-state index contributed by atoms with van der Waals surface area (Å²) in [5.74, 6) is 0.194. The number of amides is 1. The van der Waals surface area contributed by atoms with Gasteiger partial charge in [0.15, 0.2) is 18.1 Å². The predicted octanol–water partition coefficient (Wildman–Crippen LogP) is 5.30. The van der Waals surface area contributed by atoms with Crippen LogP contribution in [0.4, 0.5) is 0 Å². The van der Waals surface area contributed by atoms with Crippen molar-refractivity contribution in [1.82, 2.24) is 15.2 Å². The van der Waals surface area contributed by atoms with Crippen LogP contribution >= 0.6 is 11.3 Å². The Morgan fingerprint density at radius 1 is 1.17 bits per heavy atom. The highest BCUT2D eigenvalue weighted by Gasteiger charge is 2.43. The van der Waals surface area contributed by atoms with Crippen LogP contribution in [0.25, 0.3) is 10.4 Å². The van der Waals surface area contributed by atoms with Crippen molar-refractivity contribution in [3.63, 3.8) is 0 Å². The second kappa shape index (κ2) is 13.2. The zero-order valence-corrected chi connectivity index (χ0v) is 27.1. The molecular formula is C33H47N4O4S+. The number of nitrogens with one attached hydrogen (secondary N) is 1. The Morgan fingerprint density at radius 2 is 1.86 bits per heavy atom. The third kappa shape index (κ3) is 7.18. The molecule has 9 heteroatoms. The Labute approximate surface area is 254 Å². The molecule has 4 atom stereocenters. The first-order valence-electron chi connectivity index (χ1n) is 15.0. The molecule has 1 aliphatic heterocycles. The van der Waals surface area contributed by atoms with E-state index in [0.717, 1.165) is 21.7 Å². The first-order chi connectivity index (χ1) is 19.8. The van der Waals surface area contributed by atoms with Crippen molar-refractivity contribution in [3.8, 4) is 10.4 Å². The number of benzene rings is 1. The number of likely N-dealkylation sites (tertiary alicyclic amines) is 1. The van der Waals surface area contributed by atoms with Gasteiger partial charge in [0.25, 0.3) is 0 Å². The topological polar surface area (TPSA) is 99.5 Å². The molecule has 1 aromatic carbocycles. The quantitative estimate of drug-likeness (QED) is 0.276.